The maximum absolute atomic E-state index is 13.6. The summed E-state index contributed by atoms with van der Waals surface area (Å²) >= 11 is 0. The minimum Gasteiger partial charge on any atom is -0.396 e. The molecule has 2 rings (SSSR count). The number of benzene rings is 1. The molecule has 1 aromatic carbocycles. The summed E-state index contributed by atoms with van der Waals surface area (Å²) in [4.78, 5) is 7.34. The van der Waals surface area contributed by atoms with E-state index in [1.54, 1.807) is 24.4 Å². The van der Waals surface area contributed by atoms with E-state index in [1.807, 2.05) is 13.8 Å². The van der Waals surface area contributed by atoms with Crippen molar-refractivity contribution in [1.29, 1.82) is 0 Å². The molecule has 96 valence electrons. The summed E-state index contributed by atoms with van der Waals surface area (Å²) in [6.45, 7) is 4.07. The first kappa shape index (κ1) is 12.8. The van der Waals surface area contributed by atoms with Gasteiger partial charge in [-0.1, -0.05) is 26.0 Å². The van der Waals surface area contributed by atoms with Crippen LogP contribution >= 0.6 is 0 Å². The monoisotopic (exact) mass is 248 g/mol. The largest absolute Gasteiger partial charge is 0.396 e. The Labute approximate surface area is 106 Å². The first-order valence-electron chi connectivity index (χ1n) is 6.04. The third-order valence-corrected chi connectivity index (χ3v) is 3.11. The second-order valence-corrected chi connectivity index (χ2v) is 4.70. The van der Waals surface area contributed by atoms with Gasteiger partial charge in [-0.15, -0.1) is 0 Å². The Balaban J connectivity index is 2.34. The van der Waals surface area contributed by atoms with Crippen LogP contribution in [0.2, 0.25) is 0 Å². The molecule has 0 saturated carbocycles. The summed E-state index contributed by atoms with van der Waals surface area (Å²) in [7, 11) is 0. The predicted octanol–water partition coefficient (Wildman–Crippen LogP) is 2.95. The molecule has 4 heteroatoms. The Morgan fingerprint density at radius 1 is 1.33 bits per heavy atom. The second kappa shape index (κ2) is 5.31. The third-order valence-electron chi connectivity index (χ3n) is 3.11. The molecule has 0 saturated heterocycles. The number of rotatable bonds is 4. The van der Waals surface area contributed by atoms with E-state index in [2.05, 4.69) is 9.97 Å². The van der Waals surface area contributed by atoms with E-state index in [0.29, 0.717) is 17.1 Å². The van der Waals surface area contributed by atoms with Crippen molar-refractivity contribution in [3.8, 4) is 11.3 Å². The summed E-state index contributed by atoms with van der Waals surface area (Å²) in [5, 5.41) is 9.35. The molecule has 0 aliphatic carbocycles. The average Bonchev–Trinajstić information content (AvgIpc) is 2.79. The number of nitrogens with one attached hydrogen (secondary N) is 1. The quantitative estimate of drug-likeness (QED) is 0.874. The fourth-order valence-corrected chi connectivity index (χ4v) is 1.95. The van der Waals surface area contributed by atoms with Gasteiger partial charge in [-0.3, -0.25) is 0 Å². The maximum atomic E-state index is 13.6. The van der Waals surface area contributed by atoms with E-state index >= 15 is 0 Å². The minimum absolute atomic E-state index is 0.0297. The van der Waals surface area contributed by atoms with Gasteiger partial charge in [-0.2, -0.15) is 0 Å². The van der Waals surface area contributed by atoms with Crippen molar-refractivity contribution < 1.29 is 9.50 Å². The van der Waals surface area contributed by atoms with Crippen LogP contribution in [0.4, 0.5) is 4.39 Å². The number of H-pyrrole nitrogens is 1. The topological polar surface area (TPSA) is 48.9 Å². The van der Waals surface area contributed by atoms with Gasteiger partial charge in [0, 0.05) is 11.5 Å². The lowest BCUT2D eigenvalue weighted by atomic mass is 9.96. The van der Waals surface area contributed by atoms with E-state index in [4.69, 9.17) is 0 Å². The number of nitrogens with zero attached hydrogens (tertiary/aromatic N) is 1. The van der Waals surface area contributed by atoms with Crippen molar-refractivity contribution in [2.24, 2.45) is 5.92 Å². The lowest BCUT2D eigenvalue weighted by Crippen LogP contribution is -2.12. The number of hydrogen-bond donors (Lipinski definition) is 2. The lowest BCUT2D eigenvalue weighted by Gasteiger charge is -2.15. The number of hydrogen-bond acceptors (Lipinski definition) is 2. The fourth-order valence-electron chi connectivity index (χ4n) is 1.95. The molecule has 2 aromatic rings. The Hall–Kier alpha value is -1.68. The summed E-state index contributed by atoms with van der Waals surface area (Å²) in [5.74, 6) is 0.642. The molecule has 1 unspecified atom stereocenters. The standard InChI is InChI=1S/C14H17FN2O/c1-9(2)11(8-18)14-16-7-13(17-14)10-5-3-4-6-12(10)15/h3-7,9,11,18H,8H2,1-2H3,(H,16,17). The van der Waals surface area contributed by atoms with Crippen LogP contribution in [0.15, 0.2) is 30.5 Å². The molecule has 0 radical (unpaired) electrons. The SMILES string of the molecule is CC(C)C(CO)c1ncc(-c2ccccc2F)[nH]1. The van der Waals surface area contributed by atoms with Crippen molar-refractivity contribution in [1.82, 2.24) is 9.97 Å². The van der Waals surface area contributed by atoms with Gasteiger partial charge in [0.25, 0.3) is 0 Å². The molecule has 0 amide bonds. The second-order valence-electron chi connectivity index (χ2n) is 4.70. The van der Waals surface area contributed by atoms with Gasteiger partial charge in [0.1, 0.15) is 11.6 Å². The summed E-state index contributed by atoms with van der Waals surface area (Å²) < 4.78 is 13.6. The Bertz CT molecular complexity index is 522. The summed E-state index contributed by atoms with van der Waals surface area (Å²) in [5.41, 5.74) is 1.14. The van der Waals surface area contributed by atoms with Gasteiger partial charge in [0.05, 0.1) is 18.5 Å². The van der Waals surface area contributed by atoms with Gasteiger partial charge >= 0.3 is 0 Å². The molecular formula is C14H17FN2O. The average molecular weight is 248 g/mol. The highest BCUT2D eigenvalue weighted by Gasteiger charge is 2.18. The summed E-state index contributed by atoms with van der Waals surface area (Å²) in [6, 6.07) is 6.56. The molecule has 0 aliphatic rings. The number of aromatic nitrogens is 2. The number of aliphatic hydroxyl groups excluding tert-OH is 1. The maximum Gasteiger partial charge on any atom is 0.132 e. The molecular weight excluding hydrogens is 231 g/mol. The van der Waals surface area contributed by atoms with Crippen LogP contribution < -0.4 is 0 Å². The van der Waals surface area contributed by atoms with Crippen molar-refractivity contribution in [3.05, 3.63) is 42.1 Å². The first-order valence-corrected chi connectivity index (χ1v) is 6.04. The van der Waals surface area contributed by atoms with Crippen molar-refractivity contribution in [2.45, 2.75) is 19.8 Å². The van der Waals surface area contributed by atoms with Crippen LogP contribution in [-0.2, 0) is 0 Å². The van der Waals surface area contributed by atoms with Crippen LogP contribution in [0, 0.1) is 11.7 Å². The van der Waals surface area contributed by atoms with Gasteiger partial charge in [-0.25, -0.2) is 9.37 Å². The zero-order valence-corrected chi connectivity index (χ0v) is 10.5. The van der Waals surface area contributed by atoms with Crippen LogP contribution in [0.5, 0.6) is 0 Å². The van der Waals surface area contributed by atoms with Crippen LogP contribution in [0.1, 0.15) is 25.6 Å². The normalized spacial score (nSPS) is 12.9. The number of imidazole rings is 1. The molecule has 3 nitrogen and oxygen atoms in total. The van der Waals surface area contributed by atoms with E-state index in [0.717, 1.165) is 0 Å². The van der Waals surface area contributed by atoms with E-state index in [-0.39, 0.29) is 24.3 Å². The predicted molar refractivity (Wildman–Crippen MR) is 68.6 cm³/mol. The number of halogens is 1. The zero-order chi connectivity index (χ0) is 13.1. The molecule has 0 spiro atoms. The Morgan fingerprint density at radius 2 is 2.06 bits per heavy atom. The van der Waals surface area contributed by atoms with Gasteiger partial charge in [0.15, 0.2) is 0 Å². The molecule has 0 bridgehead atoms. The van der Waals surface area contributed by atoms with E-state index in [1.165, 1.54) is 6.07 Å². The van der Waals surface area contributed by atoms with E-state index < -0.39 is 0 Å². The highest BCUT2D eigenvalue weighted by atomic mass is 19.1. The smallest absolute Gasteiger partial charge is 0.132 e. The molecule has 2 N–H and O–H groups in total. The van der Waals surface area contributed by atoms with Crippen LogP contribution in [0.25, 0.3) is 11.3 Å². The minimum atomic E-state index is -0.280. The van der Waals surface area contributed by atoms with Crippen molar-refractivity contribution in [2.75, 3.05) is 6.61 Å². The third kappa shape index (κ3) is 2.43. The van der Waals surface area contributed by atoms with Gasteiger partial charge < -0.3 is 10.1 Å². The lowest BCUT2D eigenvalue weighted by molar-refractivity contribution is 0.232. The molecule has 1 atom stereocenters. The van der Waals surface area contributed by atoms with E-state index in [9.17, 15) is 9.50 Å². The molecule has 1 aromatic heterocycles. The summed E-state index contributed by atoms with van der Waals surface area (Å²) in [6.07, 6.45) is 1.61. The van der Waals surface area contributed by atoms with Crippen molar-refractivity contribution in [3.63, 3.8) is 0 Å². The van der Waals surface area contributed by atoms with Crippen LogP contribution in [0.3, 0.4) is 0 Å². The number of aliphatic hydroxyl groups is 1. The Kier molecular flexibility index (Phi) is 3.77. The van der Waals surface area contributed by atoms with Gasteiger partial charge in [-0.05, 0) is 18.1 Å². The van der Waals surface area contributed by atoms with Crippen LogP contribution in [-0.4, -0.2) is 21.7 Å². The van der Waals surface area contributed by atoms with Crippen molar-refractivity contribution >= 4 is 0 Å². The highest BCUT2D eigenvalue weighted by molar-refractivity contribution is 5.59. The Morgan fingerprint density at radius 3 is 2.67 bits per heavy atom. The zero-order valence-electron chi connectivity index (χ0n) is 10.5. The molecule has 18 heavy (non-hydrogen) atoms. The number of aromatic amines is 1. The molecule has 0 aliphatic heterocycles. The highest BCUT2D eigenvalue weighted by Crippen LogP contribution is 2.25. The molecule has 0 fully saturated rings. The fraction of sp³-hybridized carbons (Fsp3) is 0.357. The molecule has 1 heterocycles. The first-order chi connectivity index (χ1) is 8.63. The van der Waals surface area contributed by atoms with Gasteiger partial charge in [0.2, 0.25) is 0 Å².